The van der Waals surface area contributed by atoms with Crippen molar-refractivity contribution in [3.8, 4) is 0 Å². The lowest BCUT2D eigenvalue weighted by Gasteiger charge is -2.02. The van der Waals surface area contributed by atoms with Crippen molar-refractivity contribution in [2.45, 2.75) is 4.90 Å². The monoisotopic (exact) mass is 205 g/mol. The average molecular weight is 205 g/mol. The van der Waals surface area contributed by atoms with Crippen LogP contribution in [0.2, 0.25) is 0 Å². The van der Waals surface area contributed by atoms with Gasteiger partial charge in [-0.15, -0.1) is 4.21 Å². The van der Waals surface area contributed by atoms with Gasteiger partial charge >= 0.3 is 0 Å². The Kier molecular flexibility index (Phi) is 2.16. The maximum atomic E-state index is 11.8. The van der Waals surface area contributed by atoms with Gasteiger partial charge in [0.05, 0.1) is 0 Å². The molecule has 0 N–H and O–H groups in total. The molecular weight excluding hydrogens is 192 g/mol. The van der Waals surface area contributed by atoms with Gasteiger partial charge in [0.15, 0.2) is 4.90 Å². The van der Waals surface area contributed by atoms with E-state index >= 15 is 0 Å². The molecule has 0 saturated heterocycles. The minimum absolute atomic E-state index is 0.927. The van der Waals surface area contributed by atoms with E-state index in [0.29, 0.717) is 0 Å². The lowest BCUT2D eigenvalue weighted by Crippen LogP contribution is -2.04. The highest BCUT2D eigenvalue weighted by Crippen LogP contribution is 2.21. The minimum atomic E-state index is -1.84. The van der Waals surface area contributed by atoms with Crippen LogP contribution < -0.4 is 0 Å². The molecule has 0 fully saturated rings. The number of rotatable bonds is 1. The predicted octanol–water partition coefficient (Wildman–Crippen LogP) is 2.96. The summed E-state index contributed by atoms with van der Waals surface area (Å²) in [6.45, 7) is 0. The molecule has 1 nitrogen and oxygen atoms in total. The van der Waals surface area contributed by atoms with E-state index in [-0.39, 0.29) is 0 Å². The molecule has 0 spiro atoms. The average Bonchev–Trinajstić information content (AvgIpc) is 2.16. The van der Waals surface area contributed by atoms with Crippen LogP contribution in [-0.2, 0) is 14.1 Å². The molecule has 0 radical (unpaired) electrons. The Morgan fingerprint density at radius 2 is 1.57 bits per heavy atom. The van der Waals surface area contributed by atoms with Crippen LogP contribution in [0.5, 0.6) is 0 Å². The molecule has 0 unspecified atom stereocenters. The van der Waals surface area contributed by atoms with E-state index in [2.05, 4.69) is 6.07 Å². The van der Waals surface area contributed by atoms with Gasteiger partial charge in [0, 0.05) is 6.07 Å². The third-order valence-electron chi connectivity index (χ3n) is 2.29. The van der Waals surface area contributed by atoms with E-state index in [4.69, 9.17) is 0 Å². The SMILES string of the molecule is C[S+](C)(=O)c1ccc2ccccc2c1. The largest absolute Gasteiger partial charge is 0.158 e. The summed E-state index contributed by atoms with van der Waals surface area (Å²) in [6, 6.07) is 14.1. The summed E-state index contributed by atoms with van der Waals surface area (Å²) in [7, 11) is -1.84. The Hall–Kier alpha value is -1.15. The van der Waals surface area contributed by atoms with Crippen LogP contribution in [0, 0.1) is 0 Å². The Balaban J connectivity index is 2.69. The fourth-order valence-electron chi connectivity index (χ4n) is 1.47. The standard InChI is InChI=1S/C12H13OS/c1-14(2,13)12-8-7-10-5-3-4-6-11(10)9-12/h3-9H,1-2H3/q+1. The van der Waals surface area contributed by atoms with Gasteiger partial charge in [-0.1, -0.05) is 24.3 Å². The van der Waals surface area contributed by atoms with Gasteiger partial charge < -0.3 is 0 Å². The van der Waals surface area contributed by atoms with Crippen molar-refractivity contribution >= 4 is 20.7 Å². The Labute approximate surface area is 85.2 Å². The molecule has 0 atom stereocenters. The zero-order valence-electron chi connectivity index (χ0n) is 8.36. The van der Waals surface area contributed by atoms with Gasteiger partial charge in [-0.05, 0) is 22.9 Å². The second-order valence-corrected chi connectivity index (χ2v) is 6.68. The number of fused-ring (bicyclic) bond motifs is 1. The summed E-state index contributed by atoms with van der Waals surface area (Å²) in [4.78, 5) is 0.927. The summed E-state index contributed by atoms with van der Waals surface area (Å²) >= 11 is 0. The lowest BCUT2D eigenvalue weighted by molar-refractivity contribution is 0.591. The van der Waals surface area contributed by atoms with Crippen LogP contribution in [0.1, 0.15) is 0 Å². The zero-order valence-corrected chi connectivity index (χ0v) is 9.17. The van der Waals surface area contributed by atoms with Crippen molar-refractivity contribution in [3.05, 3.63) is 42.5 Å². The van der Waals surface area contributed by atoms with Crippen molar-refractivity contribution in [2.24, 2.45) is 0 Å². The van der Waals surface area contributed by atoms with E-state index in [1.807, 2.05) is 36.4 Å². The van der Waals surface area contributed by atoms with Gasteiger partial charge in [0.2, 0.25) is 0 Å². The molecule has 0 saturated carbocycles. The highest BCUT2D eigenvalue weighted by Gasteiger charge is 2.16. The first-order valence-corrected chi connectivity index (χ1v) is 6.88. The fourth-order valence-corrected chi connectivity index (χ4v) is 2.28. The number of benzene rings is 2. The molecule has 2 aromatic rings. The summed E-state index contributed by atoms with van der Waals surface area (Å²) in [5.41, 5.74) is 0. The topological polar surface area (TPSA) is 17.1 Å². The molecule has 0 aromatic heterocycles. The highest BCUT2D eigenvalue weighted by molar-refractivity contribution is 8.01. The molecule has 0 aliphatic carbocycles. The molecule has 0 aliphatic heterocycles. The van der Waals surface area contributed by atoms with Crippen molar-refractivity contribution in [3.63, 3.8) is 0 Å². The molecule has 0 amide bonds. The van der Waals surface area contributed by atoms with Crippen molar-refractivity contribution in [1.82, 2.24) is 0 Å². The molecule has 0 heterocycles. The van der Waals surface area contributed by atoms with Crippen LogP contribution in [0.25, 0.3) is 10.8 Å². The van der Waals surface area contributed by atoms with E-state index in [9.17, 15) is 4.21 Å². The smallest absolute Gasteiger partial charge is 0.100 e. The molecule has 14 heavy (non-hydrogen) atoms. The third-order valence-corrected chi connectivity index (χ3v) is 3.68. The number of hydrogen-bond acceptors (Lipinski definition) is 1. The molecule has 0 aliphatic rings. The maximum absolute atomic E-state index is 11.8. The second-order valence-electron chi connectivity index (χ2n) is 3.74. The lowest BCUT2D eigenvalue weighted by atomic mass is 10.1. The quantitative estimate of drug-likeness (QED) is 0.654. The van der Waals surface area contributed by atoms with Crippen molar-refractivity contribution in [1.29, 1.82) is 0 Å². The second kappa shape index (κ2) is 3.21. The van der Waals surface area contributed by atoms with Crippen molar-refractivity contribution < 1.29 is 4.21 Å². The Morgan fingerprint density at radius 3 is 2.21 bits per heavy atom. The highest BCUT2D eigenvalue weighted by atomic mass is 32.2. The Morgan fingerprint density at radius 1 is 0.929 bits per heavy atom. The van der Waals surface area contributed by atoms with E-state index in [0.717, 1.165) is 10.3 Å². The Bertz CT molecular complexity index is 510. The van der Waals surface area contributed by atoms with Crippen LogP contribution in [-0.4, -0.2) is 12.5 Å². The first-order valence-electron chi connectivity index (χ1n) is 4.50. The summed E-state index contributed by atoms with van der Waals surface area (Å²) in [5, 5.41) is 2.35. The molecule has 0 bridgehead atoms. The fraction of sp³-hybridized carbons (Fsp3) is 0.167. The first-order chi connectivity index (χ1) is 6.57. The molecular formula is C12H13OS+. The summed E-state index contributed by atoms with van der Waals surface area (Å²) in [5.74, 6) is 0. The van der Waals surface area contributed by atoms with Crippen LogP contribution >= 0.6 is 0 Å². The predicted molar refractivity (Wildman–Crippen MR) is 62.1 cm³/mol. The van der Waals surface area contributed by atoms with E-state index in [1.165, 1.54) is 5.39 Å². The summed E-state index contributed by atoms with van der Waals surface area (Å²) < 4.78 is 11.8. The molecule has 2 rings (SSSR count). The molecule has 72 valence electrons. The zero-order chi connectivity index (χ0) is 10.2. The maximum Gasteiger partial charge on any atom is 0.158 e. The van der Waals surface area contributed by atoms with Gasteiger partial charge in [-0.2, -0.15) is 0 Å². The van der Waals surface area contributed by atoms with E-state index in [1.54, 1.807) is 12.5 Å². The minimum Gasteiger partial charge on any atom is -0.100 e. The van der Waals surface area contributed by atoms with Crippen LogP contribution in [0.4, 0.5) is 0 Å². The van der Waals surface area contributed by atoms with Crippen LogP contribution in [0.15, 0.2) is 47.4 Å². The molecule has 2 heteroatoms. The van der Waals surface area contributed by atoms with E-state index < -0.39 is 9.93 Å². The van der Waals surface area contributed by atoms with Gasteiger partial charge in [0.1, 0.15) is 22.4 Å². The van der Waals surface area contributed by atoms with Gasteiger partial charge in [-0.25, -0.2) is 0 Å². The van der Waals surface area contributed by atoms with Crippen LogP contribution in [0.3, 0.4) is 0 Å². The van der Waals surface area contributed by atoms with Crippen molar-refractivity contribution in [2.75, 3.05) is 12.5 Å². The summed E-state index contributed by atoms with van der Waals surface area (Å²) in [6.07, 6.45) is 3.55. The third kappa shape index (κ3) is 1.70. The first kappa shape index (κ1) is 9.41. The normalized spacial score (nSPS) is 11.9. The van der Waals surface area contributed by atoms with Gasteiger partial charge in [0.25, 0.3) is 0 Å². The van der Waals surface area contributed by atoms with Gasteiger partial charge in [-0.3, -0.25) is 0 Å². The molecule has 2 aromatic carbocycles. The number of hydrogen-bond donors (Lipinski definition) is 0.